The average molecular weight is 302 g/mol. The van der Waals surface area contributed by atoms with E-state index in [1.54, 1.807) is 0 Å². The van der Waals surface area contributed by atoms with Gasteiger partial charge in [-0.05, 0) is 51.1 Å². The first-order valence-electron chi connectivity index (χ1n) is 8.19. The zero-order valence-electron chi connectivity index (χ0n) is 13.7. The number of nitrogens with one attached hydrogen (secondary N) is 1. The van der Waals surface area contributed by atoms with Crippen LogP contribution in [0.3, 0.4) is 0 Å². The molecule has 4 nitrogen and oxygen atoms in total. The number of rotatable bonds is 4. The summed E-state index contributed by atoms with van der Waals surface area (Å²) in [5, 5.41) is 3.64. The fourth-order valence-electron chi connectivity index (χ4n) is 3.33. The minimum Gasteiger partial charge on any atom is -0.444 e. The van der Waals surface area contributed by atoms with E-state index in [1.807, 2.05) is 31.7 Å². The minimum atomic E-state index is -0.406. The second-order valence-corrected chi connectivity index (χ2v) is 7.43. The number of piperidine rings is 1. The molecule has 2 unspecified atom stereocenters. The molecule has 1 aromatic rings. The van der Waals surface area contributed by atoms with Crippen LogP contribution in [0, 0.1) is 11.8 Å². The molecule has 1 saturated heterocycles. The molecule has 1 heterocycles. The number of ether oxygens (including phenoxy) is 1. The number of hydrogen-bond donors (Lipinski definition) is 1. The van der Waals surface area contributed by atoms with Crippen molar-refractivity contribution in [1.29, 1.82) is 0 Å². The molecule has 2 atom stereocenters. The lowest BCUT2D eigenvalue weighted by molar-refractivity contribution is 0.0269. The van der Waals surface area contributed by atoms with Crippen LogP contribution in [-0.4, -0.2) is 42.3 Å². The molecule has 1 aliphatic carbocycles. The number of benzene rings is 1. The Hall–Kier alpha value is -1.55. The Bertz CT molecular complexity index is 512. The van der Waals surface area contributed by atoms with Crippen molar-refractivity contribution in [3.63, 3.8) is 0 Å². The van der Waals surface area contributed by atoms with Gasteiger partial charge in [-0.1, -0.05) is 30.3 Å². The number of carbonyl (C=O) groups excluding carboxylic acids is 1. The zero-order chi connectivity index (χ0) is 15.7. The molecule has 22 heavy (non-hydrogen) atoms. The third-order valence-electron chi connectivity index (χ3n) is 4.48. The van der Waals surface area contributed by atoms with Crippen LogP contribution < -0.4 is 5.32 Å². The van der Waals surface area contributed by atoms with E-state index in [0.717, 1.165) is 26.1 Å². The van der Waals surface area contributed by atoms with E-state index in [9.17, 15) is 4.79 Å². The number of nitrogens with zero attached hydrogens (tertiary/aromatic N) is 1. The highest BCUT2D eigenvalue weighted by Gasteiger charge is 2.56. The van der Waals surface area contributed by atoms with Gasteiger partial charge in [0.05, 0.1) is 0 Å². The van der Waals surface area contributed by atoms with Crippen LogP contribution in [0.4, 0.5) is 4.79 Å². The van der Waals surface area contributed by atoms with Crippen molar-refractivity contribution in [2.24, 2.45) is 11.8 Å². The summed E-state index contributed by atoms with van der Waals surface area (Å²) in [6, 6.07) is 11.1. The Balaban J connectivity index is 1.37. The molecule has 2 fully saturated rings. The molecule has 4 heteroatoms. The van der Waals surface area contributed by atoms with E-state index in [2.05, 4.69) is 29.6 Å². The summed E-state index contributed by atoms with van der Waals surface area (Å²) in [7, 11) is 0. The Morgan fingerprint density at radius 1 is 1.23 bits per heavy atom. The standard InChI is InChI=1S/C18H26N2O2/c1-18(2,3)22-17(21)20-11-14-15(12-20)16(14)19-10-9-13-7-5-4-6-8-13/h4-8,14-16,19H,9-12H2,1-3H3. The van der Waals surface area contributed by atoms with Gasteiger partial charge >= 0.3 is 6.09 Å². The summed E-state index contributed by atoms with van der Waals surface area (Å²) < 4.78 is 5.43. The third kappa shape index (κ3) is 3.61. The lowest BCUT2D eigenvalue weighted by Crippen LogP contribution is -2.39. The van der Waals surface area contributed by atoms with Crippen molar-refractivity contribution in [1.82, 2.24) is 10.2 Å². The Labute approximate surface area is 132 Å². The number of carbonyl (C=O) groups is 1. The molecule has 1 aliphatic heterocycles. The van der Waals surface area contributed by atoms with E-state index < -0.39 is 5.60 Å². The summed E-state index contributed by atoms with van der Waals surface area (Å²) in [6.07, 6.45) is 0.898. The van der Waals surface area contributed by atoms with Gasteiger partial charge in [-0.25, -0.2) is 4.79 Å². The second-order valence-electron chi connectivity index (χ2n) is 7.43. The predicted molar refractivity (Wildman–Crippen MR) is 86.7 cm³/mol. The molecule has 0 aromatic heterocycles. The highest BCUT2D eigenvalue weighted by molar-refractivity contribution is 5.69. The van der Waals surface area contributed by atoms with Gasteiger partial charge in [0.25, 0.3) is 0 Å². The van der Waals surface area contributed by atoms with Crippen LogP contribution in [0.25, 0.3) is 0 Å². The van der Waals surface area contributed by atoms with Crippen molar-refractivity contribution < 1.29 is 9.53 Å². The number of amides is 1. The molecule has 1 amide bonds. The average Bonchev–Trinajstić information content (AvgIpc) is 2.91. The maximum Gasteiger partial charge on any atom is 0.410 e. The first kappa shape index (κ1) is 15.3. The van der Waals surface area contributed by atoms with E-state index in [-0.39, 0.29) is 6.09 Å². The first-order chi connectivity index (χ1) is 10.4. The highest BCUT2D eigenvalue weighted by Crippen LogP contribution is 2.45. The molecule has 1 N–H and O–H groups in total. The molecular formula is C18H26N2O2. The van der Waals surface area contributed by atoms with Crippen LogP contribution >= 0.6 is 0 Å². The molecule has 1 aromatic carbocycles. The highest BCUT2D eigenvalue weighted by atomic mass is 16.6. The van der Waals surface area contributed by atoms with E-state index in [4.69, 9.17) is 4.74 Å². The molecule has 0 spiro atoms. The smallest absolute Gasteiger partial charge is 0.410 e. The van der Waals surface area contributed by atoms with Crippen LogP contribution in [0.2, 0.25) is 0 Å². The fourth-order valence-corrected chi connectivity index (χ4v) is 3.33. The number of hydrogen-bond acceptors (Lipinski definition) is 3. The SMILES string of the molecule is CC(C)(C)OC(=O)N1CC2C(C1)C2NCCc1ccccc1. The molecule has 0 radical (unpaired) electrons. The zero-order valence-corrected chi connectivity index (χ0v) is 13.7. The van der Waals surface area contributed by atoms with Crippen molar-refractivity contribution in [2.45, 2.75) is 38.8 Å². The predicted octanol–water partition coefficient (Wildman–Crippen LogP) is 2.68. The number of likely N-dealkylation sites (tertiary alicyclic amines) is 1. The molecule has 120 valence electrons. The normalized spacial score (nSPS) is 26.7. The summed E-state index contributed by atoms with van der Waals surface area (Å²) in [5.74, 6) is 1.23. The van der Waals surface area contributed by atoms with Crippen molar-refractivity contribution in [3.8, 4) is 0 Å². The van der Waals surface area contributed by atoms with Crippen molar-refractivity contribution in [2.75, 3.05) is 19.6 Å². The van der Waals surface area contributed by atoms with Gasteiger partial charge in [-0.3, -0.25) is 0 Å². The quantitative estimate of drug-likeness (QED) is 0.930. The van der Waals surface area contributed by atoms with Crippen molar-refractivity contribution in [3.05, 3.63) is 35.9 Å². The summed E-state index contributed by atoms with van der Waals surface area (Å²) in [6.45, 7) is 8.42. The number of fused-ring (bicyclic) bond motifs is 1. The lowest BCUT2D eigenvalue weighted by atomic mass is 10.1. The van der Waals surface area contributed by atoms with E-state index >= 15 is 0 Å². The van der Waals surface area contributed by atoms with E-state index in [0.29, 0.717) is 17.9 Å². The topological polar surface area (TPSA) is 41.6 Å². The van der Waals surface area contributed by atoms with Gasteiger partial charge in [0.15, 0.2) is 0 Å². The Morgan fingerprint density at radius 3 is 2.45 bits per heavy atom. The first-order valence-corrected chi connectivity index (χ1v) is 8.19. The molecule has 3 rings (SSSR count). The van der Waals surface area contributed by atoms with Gasteiger partial charge in [0.2, 0.25) is 0 Å². The van der Waals surface area contributed by atoms with Gasteiger partial charge in [-0.15, -0.1) is 0 Å². The van der Waals surface area contributed by atoms with Gasteiger partial charge in [-0.2, -0.15) is 0 Å². The van der Waals surface area contributed by atoms with Gasteiger partial charge < -0.3 is 15.0 Å². The van der Waals surface area contributed by atoms with Crippen LogP contribution in [0.5, 0.6) is 0 Å². The van der Waals surface area contributed by atoms with E-state index in [1.165, 1.54) is 5.56 Å². The fraction of sp³-hybridized carbons (Fsp3) is 0.611. The molecule has 1 saturated carbocycles. The maximum atomic E-state index is 12.0. The molecule has 0 bridgehead atoms. The maximum absolute atomic E-state index is 12.0. The van der Waals surface area contributed by atoms with Gasteiger partial charge in [0.1, 0.15) is 5.60 Å². The summed E-state index contributed by atoms with van der Waals surface area (Å²) >= 11 is 0. The van der Waals surface area contributed by atoms with Crippen LogP contribution in [-0.2, 0) is 11.2 Å². The summed E-state index contributed by atoms with van der Waals surface area (Å²) in [4.78, 5) is 13.9. The van der Waals surface area contributed by atoms with Gasteiger partial charge in [0, 0.05) is 19.1 Å². The lowest BCUT2D eigenvalue weighted by Gasteiger charge is -2.26. The van der Waals surface area contributed by atoms with Crippen LogP contribution in [0.1, 0.15) is 26.3 Å². The largest absolute Gasteiger partial charge is 0.444 e. The molecule has 2 aliphatic rings. The molecular weight excluding hydrogens is 276 g/mol. The second kappa shape index (κ2) is 5.92. The minimum absolute atomic E-state index is 0.164. The van der Waals surface area contributed by atoms with Crippen molar-refractivity contribution >= 4 is 6.09 Å². The summed E-state index contributed by atoms with van der Waals surface area (Å²) in [5.41, 5.74) is 0.966. The Morgan fingerprint density at radius 2 is 1.86 bits per heavy atom. The third-order valence-corrected chi connectivity index (χ3v) is 4.48. The Kier molecular flexibility index (Phi) is 4.13. The monoisotopic (exact) mass is 302 g/mol. The van der Waals surface area contributed by atoms with Crippen LogP contribution in [0.15, 0.2) is 30.3 Å².